The third kappa shape index (κ3) is 3.33. The van der Waals surface area contributed by atoms with Crippen molar-refractivity contribution in [2.24, 2.45) is 17.6 Å². The van der Waals surface area contributed by atoms with Gasteiger partial charge in [0.2, 0.25) is 0 Å². The van der Waals surface area contributed by atoms with Crippen LogP contribution in [0.3, 0.4) is 0 Å². The molecule has 2 aliphatic carbocycles. The van der Waals surface area contributed by atoms with Crippen LogP contribution >= 0.6 is 0 Å². The van der Waals surface area contributed by atoms with Gasteiger partial charge >= 0.3 is 0 Å². The largest absolute Gasteiger partial charge is 0.380 e. The Hall–Kier alpha value is -1.39. The second-order valence-electron chi connectivity index (χ2n) is 6.82. The molecule has 1 aromatic rings. The molecule has 22 heavy (non-hydrogen) atoms. The molecule has 4 nitrogen and oxygen atoms in total. The van der Waals surface area contributed by atoms with E-state index in [2.05, 4.69) is 5.32 Å². The highest BCUT2D eigenvalue weighted by Crippen LogP contribution is 2.39. The predicted molar refractivity (Wildman–Crippen MR) is 86.4 cm³/mol. The van der Waals surface area contributed by atoms with E-state index in [0.717, 1.165) is 24.0 Å². The SMILES string of the molecule is COCc1cccc(C(=O)NC2C3CCCC2CC(N)C3)c1. The number of hydrogen-bond acceptors (Lipinski definition) is 3. The van der Waals surface area contributed by atoms with Gasteiger partial charge in [-0.05, 0) is 55.2 Å². The number of amides is 1. The average molecular weight is 302 g/mol. The van der Waals surface area contributed by atoms with Crippen LogP contribution < -0.4 is 11.1 Å². The molecule has 2 saturated carbocycles. The summed E-state index contributed by atoms with van der Waals surface area (Å²) < 4.78 is 5.14. The van der Waals surface area contributed by atoms with Crippen LogP contribution in [0.5, 0.6) is 0 Å². The lowest BCUT2D eigenvalue weighted by Gasteiger charge is -2.45. The lowest BCUT2D eigenvalue weighted by molar-refractivity contribution is 0.0755. The van der Waals surface area contributed by atoms with Crippen LogP contribution in [0.25, 0.3) is 0 Å². The first kappa shape index (κ1) is 15.5. The van der Waals surface area contributed by atoms with Crippen LogP contribution in [0.1, 0.15) is 48.0 Å². The third-order valence-electron chi connectivity index (χ3n) is 5.17. The standard InChI is InChI=1S/C18H26N2O2/c1-22-11-12-4-2-7-15(8-12)18(21)20-17-13-5-3-6-14(17)10-16(19)9-13/h2,4,7-8,13-14,16-17H,3,5-6,9-11,19H2,1H3,(H,20,21). The maximum absolute atomic E-state index is 12.6. The quantitative estimate of drug-likeness (QED) is 0.898. The number of nitrogens with two attached hydrogens (primary N) is 1. The minimum absolute atomic E-state index is 0.0373. The molecule has 120 valence electrons. The first-order valence-corrected chi connectivity index (χ1v) is 8.31. The Morgan fingerprint density at radius 2 is 2.05 bits per heavy atom. The summed E-state index contributed by atoms with van der Waals surface area (Å²) in [5.74, 6) is 1.14. The van der Waals surface area contributed by atoms with Crippen LogP contribution in [0, 0.1) is 11.8 Å². The Morgan fingerprint density at radius 1 is 1.32 bits per heavy atom. The molecule has 0 spiro atoms. The topological polar surface area (TPSA) is 64.3 Å². The first-order chi connectivity index (χ1) is 10.7. The van der Waals surface area contributed by atoms with E-state index in [-0.39, 0.29) is 5.91 Å². The molecule has 0 radical (unpaired) electrons. The maximum atomic E-state index is 12.6. The summed E-state index contributed by atoms with van der Waals surface area (Å²) in [7, 11) is 1.67. The zero-order valence-corrected chi connectivity index (χ0v) is 13.3. The molecule has 2 bridgehead atoms. The lowest BCUT2D eigenvalue weighted by atomic mass is 9.67. The van der Waals surface area contributed by atoms with E-state index in [1.807, 2.05) is 24.3 Å². The summed E-state index contributed by atoms with van der Waals surface area (Å²) >= 11 is 0. The number of carbonyl (C=O) groups is 1. The van der Waals surface area contributed by atoms with Crippen molar-refractivity contribution < 1.29 is 9.53 Å². The van der Waals surface area contributed by atoms with E-state index in [4.69, 9.17) is 10.5 Å². The van der Waals surface area contributed by atoms with Gasteiger partial charge in [-0.25, -0.2) is 0 Å². The molecule has 0 heterocycles. The van der Waals surface area contributed by atoms with Crippen molar-refractivity contribution in [3.8, 4) is 0 Å². The number of rotatable bonds is 4. The van der Waals surface area contributed by atoms with Crippen molar-refractivity contribution in [2.45, 2.75) is 50.8 Å². The highest BCUT2D eigenvalue weighted by Gasteiger charge is 2.39. The Morgan fingerprint density at radius 3 is 2.73 bits per heavy atom. The van der Waals surface area contributed by atoms with Crippen molar-refractivity contribution in [3.05, 3.63) is 35.4 Å². The van der Waals surface area contributed by atoms with Crippen LogP contribution in [-0.2, 0) is 11.3 Å². The molecule has 4 heteroatoms. The van der Waals surface area contributed by atoms with Crippen LogP contribution in [-0.4, -0.2) is 25.1 Å². The molecule has 2 fully saturated rings. The highest BCUT2D eigenvalue weighted by molar-refractivity contribution is 5.94. The Kier molecular flexibility index (Phi) is 4.79. The van der Waals surface area contributed by atoms with Gasteiger partial charge in [0.15, 0.2) is 0 Å². The Bertz CT molecular complexity index is 518. The number of ether oxygens (including phenoxy) is 1. The average Bonchev–Trinajstić information content (AvgIpc) is 2.49. The van der Waals surface area contributed by atoms with Crippen LogP contribution in [0.2, 0.25) is 0 Å². The summed E-state index contributed by atoms with van der Waals surface area (Å²) in [5, 5.41) is 3.29. The molecular formula is C18H26N2O2. The van der Waals surface area contributed by atoms with E-state index in [9.17, 15) is 4.79 Å². The van der Waals surface area contributed by atoms with Crippen molar-refractivity contribution in [1.82, 2.24) is 5.32 Å². The second kappa shape index (κ2) is 6.80. The van der Waals surface area contributed by atoms with Gasteiger partial charge in [0.1, 0.15) is 0 Å². The van der Waals surface area contributed by atoms with Crippen molar-refractivity contribution in [3.63, 3.8) is 0 Å². The summed E-state index contributed by atoms with van der Waals surface area (Å²) in [5.41, 5.74) is 7.91. The first-order valence-electron chi connectivity index (χ1n) is 8.31. The smallest absolute Gasteiger partial charge is 0.251 e. The fraction of sp³-hybridized carbons (Fsp3) is 0.611. The number of fused-ring (bicyclic) bond motifs is 2. The van der Waals surface area contributed by atoms with E-state index in [1.54, 1.807) is 7.11 Å². The van der Waals surface area contributed by atoms with E-state index in [1.165, 1.54) is 19.3 Å². The fourth-order valence-corrected chi connectivity index (χ4v) is 4.23. The summed E-state index contributed by atoms with van der Waals surface area (Å²) in [6, 6.07) is 8.30. The van der Waals surface area contributed by atoms with Gasteiger partial charge in [0.05, 0.1) is 6.61 Å². The van der Waals surface area contributed by atoms with E-state index in [0.29, 0.717) is 30.5 Å². The fourth-order valence-electron chi connectivity index (χ4n) is 4.23. The molecule has 3 rings (SSSR count). The van der Waals surface area contributed by atoms with Gasteiger partial charge in [-0.15, -0.1) is 0 Å². The molecule has 0 aromatic heterocycles. The van der Waals surface area contributed by atoms with Gasteiger partial charge in [0.25, 0.3) is 5.91 Å². The molecule has 2 unspecified atom stereocenters. The minimum atomic E-state index is 0.0373. The molecule has 1 amide bonds. The maximum Gasteiger partial charge on any atom is 0.251 e. The van der Waals surface area contributed by atoms with E-state index < -0.39 is 0 Å². The lowest BCUT2D eigenvalue weighted by Crippen LogP contribution is -2.53. The normalized spacial score (nSPS) is 30.8. The molecular weight excluding hydrogens is 276 g/mol. The predicted octanol–water partition coefficient (Wildman–Crippen LogP) is 2.47. The zero-order chi connectivity index (χ0) is 15.5. The summed E-state index contributed by atoms with van der Waals surface area (Å²) in [6.07, 6.45) is 5.76. The molecule has 2 aliphatic rings. The monoisotopic (exact) mass is 302 g/mol. The summed E-state index contributed by atoms with van der Waals surface area (Å²) in [6.45, 7) is 0.532. The molecule has 2 atom stereocenters. The third-order valence-corrected chi connectivity index (χ3v) is 5.17. The second-order valence-corrected chi connectivity index (χ2v) is 6.82. The number of carbonyl (C=O) groups excluding carboxylic acids is 1. The Labute approximate surface area is 132 Å². The van der Waals surface area contributed by atoms with Crippen LogP contribution in [0.15, 0.2) is 24.3 Å². The number of hydrogen-bond donors (Lipinski definition) is 2. The molecule has 0 aliphatic heterocycles. The number of nitrogens with one attached hydrogen (secondary N) is 1. The van der Waals surface area contributed by atoms with Gasteiger partial charge < -0.3 is 15.8 Å². The van der Waals surface area contributed by atoms with E-state index >= 15 is 0 Å². The van der Waals surface area contributed by atoms with Crippen molar-refractivity contribution >= 4 is 5.91 Å². The van der Waals surface area contributed by atoms with Gasteiger partial charge in [-0.2, -0.15) is 0 Å². The zero-order valence-electron chi connectivity index (χ0n) is 13.3. The Balaban J connectivity index is 1.70. The van der Waals surface area contributed by atoms with Crippen LogP contribution in [0.4, 0.5) is 0 Å². The molecule has 0 saturated heterocycles. The van der Waals surface area contributed by atoms with Gasteiger partial charge in [0, 0.05) is 24.8 Å². The number of benzene rings is 1. The highest BCUT2D eigenvalue weighted by atomic mass is 16.5. The van der Waals surface area contributed by atoms with Gasteiger partial charge in [-0.1, -0.05) is 18.6 Å². The van der Waals surface area contributed by atoms with Crippen molar-refractivity contribution in [1.29, 1.82) is 0 Å². The van der Waals surface area contributed by atoms with Crippen molar-refractivity contribution in [2.75, 3.05) is 7.11 Å². The summed E-state index contributed by atoms with van der Waals surface area (Å²) in [4.78, 5) is 12.6. The molecule has 1 aromatic carbocycles. The molecule has 3 N–H and O–H groups in total. The number of methoxy groups -OCH3 is 1. The van der Waals surface area contributed by atoms with Gasteiger partial charge in [-0.3, -0.25) is 4.79 Å². The minimum Gasteiger partial charge on any atom is -0.380 e.